The molecule has 2 aromatic carbocycles. The maximum Gasteiger partial charge on any atom is 0.326 e. The molecule has 1 amide bonds. The summed E-state index contributed by atoms with van der Waals surface area (Å²) < 4.78 is 13.1. The number of nitrogens with zero attached hydrogens (tertiary/aromatic N) is 1. The molecule has 1 saturated heterocycles. The first-order chi connectivity index (χ1) is 14.3. The van der Waals surface area contributed by atoms with Gasteiger partial charge in [-0.15, -0.1) is 11.8 Å². The molecule has 5 nitrogen and oxygen atoms in total. The summed E-state index contributed by atoms with van der Waals surface area (Å²) in [6, 6.07) is 14.0. The molecule has 8 heteroatoms. The zero-order valence-corrected chi connectivity index (χ0v) is 18.0. The Bertz CT molecular complexity index is 907. The van der Waals surface area contributed by atoms with E-state index in [-0.39, 0.29) is 27.8 Å². The highest BCUT2D eigenvalue weighted by molar-refractivity contribution is 8.14. The number of thioether (sulfide) groups is 2. The lowest BCUT2D eigenvalue weighted by Crippen LogP contribution is -2.43. The number of carboxylic acid groups (broad SMARTS) is 1. The molecule has 1 aliphatic rings. The normalized spacial score (nSPS) is 19.5. The quantitative estimate of drug-likeness (QED) is 0.686. The molecule has 3 rings (SSSR count). The molecule has 2 unspecified atom stereocenters. The number of aliphatic carboxylic acids is 1. The average Bonchev–Trinajstić information content (AvgIpc) is 3.17. The van der Waals surface area contributed by atoms with E-state index in [0.29, 0.717) is 18.5 Å². The summed E-state index contributed by atoms with van der Waals surface area (Å²) in [7, 11) is 0. The molecule has 0 radical (unpaired) electrons. The van der Waals surface area contributed by atoms with Gasteiger partial charge in [0.2, 0.25) is 11.0 Å². The summed E-state index contributed by atoms with van der Waals surface area (Å²) in [5.74, 6) is -1.84. The Morgan fingerprint density at radius 1 is 1.13 bits per heavy atom. The van der Waals surface area contributed by atoms with Gasteiger partial charge in [0.05, 0.1) is 0 Å². The monoisotopic (exact) mass is 447 g/mol. The Morgan fingerprint density at radius 3 is 2.43 bits per heavy atom. The van der Waals surface area contributed by atoms with E-state index >= 15 is 0 Å². The van der Waals surface area contributed by atoms with Crippen molar-refractivity contribution >= 4 is 40.5 Å². The van der Waals surface area contributed by atoms with Crippen molar-refractivity contribution in [2.45, 2.75) is 29.5 Å². The SMILES string of the molecule is CC(CSC(=O)c1ccccc1)C(=O)N1CC(Sc2ccc(F)cc2)C[C@H]1C(=O)O. The van der Waals surface area contributed by atoms with Crippen LogP contribution >= 0.6 is 23.5 Å². The molecule has 1 heterocycles. The molecular formula is C22H22FNO4S2. The fraction of sp³-hybridized carbons (Fsp3) is 0.318. The van der Waals surface area contributed by atoms with Crippen LogP contribution in [-0.4, -0.2) is 50.6 Å². The van der Waals surface area contributed by atoms with Crippen LogP contribution in [0.25, 0.3) is 0 Å². The molecule has 30 heavy (non-hydrogen) atoms. The second-order valence-electron chi connectivity index (χ2n) is 7.14. The zero-order valence-electron chi connectivity index (χ0n) is 16.4. The van der Waals surface area contributed by atoms with E-state index < -0.39 is 17.9 Å². The largest absolute Gasteiger partial charge is 0.480 e. The van der Waals surface area contributed by atoms with Crippen LogP contribution in [0.1, 0.15) is 23.7 Å². The number of benzene rings is 2. The molecular weight excluding hydrogens is 425 g/mol. The predicted octanol–water partition coefficient (Wildman–Crippen LogP) is 4.18. The van der Waals surface area contributed by atoms with E-state index in [0.717, 1.165) is 16.7 Å². The van der Waals surface area contributed by atoms with E-state index in [1.54, 1.807) is 43.3 Å². The molecule has 1 N–H and O–H groups in total. The van der Waals surface area contributed by atoms with Crippen LogP contribution in [0.2, 0.25) is 0 Å². The molecule has 158 valence electrons. The van der Waals surface area contributed by atoms with Gasteiger partial charge < -0.3 is 10.0 Å². The summed E-state index contributed by atoms with van der Waals surface area (Å²) in [6.07, 6.45) is 0.325. The lowest BCUT2D eigenvalue weighted by atomic mass is 10.1. The third-order valence-corrected chi connectivity index (χ3v) is 7.23. The molecule has 0 spiro atoms. The van der Waals surface area contributed by atoms with Gasteiger partial charge in [0.1, 0.15) is 11.9 Å². The van der Waals surface area contributed by atoms with Gasteiger partial charge in [-0.05, 0) is 30.7 Å². The Labute approximate surface area is 183 Å². The number of likely N-dealkylation sites (tertiary alicyclic amines) is 1. The highest BCUT2D eigenvalue weighted by Gasteiger charge is 2.41. The van der Waals surface area contributed by atoms with Crippen molar-refractivity contribution in [1.29, 1.82) is 0 Å². The van der Waals surface area contributed by atoms with Crippen LogP contribution in [0.5, 0.6) is 0 Å². The maximum absolute atomic E-state index is 13.1. The minimum absolute atomic E-state index is 0.0914. The molecule has 0 aliphatic carbocycles. The summed E-state index contributed by atoms with van der Waals surface area (Å²) in [4.78, 5) is 39.1. The van der Waals surface area contributed by atoms with Crippen molar-refractivity contribution in [2.75, 3.05) is 12.3 Å². The van der Waals surface area contributed by atoms with Crippen LogP contribution in [0.3, 0.4) is 0 Å². The second-order valence-corrected chi connectivity index (χ2v) is 9.51. The Balaban J connectivity index is 1.60. The number of hydrogen-bond donors (Lipinski definition) is 1. The van der Waals surface area contributed by atoms with Gasteiger partial charge in [-0.1, -0.05) is 49.0 Å². The number of rotatable bonds is 7. The van der Waals surface area contributed by atoms with E-state index in [9.17, 15) is 23.9 Å². The van der Waals surface area contributed by atoms with Crippen molar-refractivity contribution in [3.05, 3.63) is 66.0 Å². The molecule has 0 saturated carbocycles. The Morgan fingerprint density at radius 2 is 1.80 bits per heavy atom. The minimum Gasteiger partial charge on any atom is -0.480 e. The first kappa shape index (κ1) is 22.4. The highest BCUT2D eigenvalue weighted by Crippen LogP contribution is 2.34. The van der Waals surface area contributed by atoms with Crippen molar-refractivity contribution in [2.24, 2.45) is 5.92 Å². The van der Waals surface area contributed by atoms with Gasteiger partial charge in [0.15, 0.2) is 0 Å². The van der Waals surface area contributed by atoms with E-state index in [2.05, 4.69) is 0 Å². The third kappa shape index (κ3) is 5.64. The molecule has 1 aliphatic heterocycles. The van der Waals surface area contributed by atoms with Gasteiger partial charge in [0, 0.05) is 33.9 Å². The summed E-state index contributed by atoms with van der Waals surface area (Å²) in [5.41, 5.74) is 0.572. The number of halogens is 1. The zero-order chi connectivity index (χ0) is 21.7. The summed E-state index contributed by atoms with van der Waals surface area (Å²) in [6.45, 7) is 2.02. The van der Waals surface area contributed by atoms with Crippen molar-refractivity contribution in [3.63, 3.8) is 0 Å². The second kappa shape index (κ2) is 10.1. The summed E-state index contributed by atoms with van der Waals surface area (Å²) in [5, 5.41) is 9.38. The van der Waals surface area contributed by atoms with Crippen molar-refractivity contribution in [3.8, 4) is 0 Å². The van der Waals surface area contributed by atoms with Crippen LogP contribution < -0.4 is 0 Å². The van der Waals surface area contributed by atoms with Crippen LogP contribution in [0.4, 0.5) is 4.39 Å². The molecule has 1 fully saturated rings. The summed E-state index contributed by atoms with van der Waals surface area (Å²) >= 11 is 2.51. The molecule has 2 aromatic rings. The average molecular weight is 448 g/mol. The maximum atomic E-state index is 13.1. The molecule has 3 atom stereocenters. The molecule has 0 bridgehead atoms. The van der Waals surface area contributed by atoms with E-state index in [1.165, 1.54) is 28.8 Å². The standard InChI is InChI=1S/C22H22FNO4S2/c1-14(13-29-22(28)15-5-3-2-4-6-15)20(25)24-12-18(11-19(24)21(26)27)30-17-9-7-16(23)8-10-17/h2-10,14,18-19H,11-13H2,1H3,(H,26,27)/t14?,18?,19-/m0/s1. The van der Waals surface area contributed by atoms with E-state index in [4.69, 9.17) is 0 Å². The van der Waals surface area contributed by atoms with Crippen LogP contribution in [0, 0.1) is 11.7 Å². The van der Waals surface area contributed by atoms with Gasteiger partial charge in [0.25, 0.3) is 0 Å². The first-order valence-corrected chi connectivity index (χ1v) is 11.4. The van der Waals surface area contributed by atoms with Gasteiger partial charge in [-0.3, -0.25) is 9.59 Å². The number of carbonyl (C=O) groups excluding carboxylic acids is 2. The number of hydrogen-bond acceptors (Lipinski definition) is 5. The number of carboxylic acids is 1. The lowest BCUT2D eigenvalue weighted by Gasteiger charge is -2.24. The van der Waals surface area contributed by atoms with Crippen molar-refractivity contribution in [1.82, 2.24) is 4.90 Å². The predicted molar refractivity (Wildman–Crippen MR) is 116 cm³/mol. The lowest BCUT2D eigenvalue weighted by molar-refractivity contribution is -0.149. The Kier molecular flexibility index (Phi) is 7.55. The van der Waals surface area contributed by atoms with Crippen LogP contribution in [0.15, 0.2) is 59.5 Å². The smallest absolute Gasteiger partial charge is 0.326 e. The first-order valence-electron chi connectivity index (χ1n) is 9.53. The van der Waals surface area contributed by atoms with Gasteiger partial charge >= 0.3 is 5.97 Å². The van der Waals surface area contributed by atoms with Gasteiger partial charge in [-0.2, -0.15) is 0 Å². The number of amides is 1. The van der Waals surface area contributed by atoms with Crippen LogP contribution in [-0.2, 0) is 9.59 Å². The van der Waals surface area contributed by atoms with E-state index in [1.807, 2.05) is 6.07 Å². The third-order valence-electron chi connectivity index (χ3n) is 4.84. The fourth-order valence-electron chi connectivity index (χ4n) is 3.28. The highest BCUT2D eigenvalue weighted by atomic mass is 32.2. The number of carbonyl (C=O) groups is 3. The minimum atomic E-state index is -1.04. The topological polar surface area (TPSA) is 74.7 Å². The van der Waals surface area contributed by atoms with Crippen molar-refractivity contribution < 1.29 is 23.9 Å². The van der Waals surface area contributed by atoms with Gasteiger partial charge in [-0.25, -0.2) is 9.18 Å². The Hall–Kier alpha value is -2.32. The fourth-order valence-corrected chi connectivity index (χ4v) is 5.32. The molecule has 0 aromatic heterocycles.